The zero-order valence-electron chi connectivity index (χ0n) is 23.7. The maximum Gasteiger partial charge on any atom is 0.264 e. The first-order valence-electron chi connectivity index (χ1n) is 13.6. The molecule has 7 nitrogen and oxygen atoms in total. The first-order valence-corrected chi connectivity index (χ1v) is 15.0. The second kappa shape index (κ2) is 11.0. The van der Waals surface area contributed by atoms with Crippen molar-refractivity contribution in [2.75, 3.05) is 10.8 Å². The quantitative estimate of drug-likeness (QED) is 0.244. The van der Waals surface area contributed by atoms with Gasteiger partial charge in [0, 0.05) is 32.9 Å². The predicted octanol–water partition coefficient (Wildman–Crippen LogP) is 5.89. The lowest BCUT2D eigenvalue weighted by molar-refractivity contribution is 0.0919. The summed E-state index contributed by atoms with van der Waals surface area (Å²) in [6, 6.07) is 29.0. The maximum atomic E-state index is 13.9. The van der Waals surface area contributed by atoms with E-state index >= 15 is 0 Å². The van der Waals surface area contributed by atoms with E-state index in [1.165, 1.54) is 4.31 Å². The van der Waals surface area contributed by atoms with Crippen LogP contribution in [0, 0.1) is 6.92 Å². The molecule has 0 radical (unpaired) electrons. The zero-order chi connectivity index (χ0) is 29.4. The molecule has 0 aliphatic carbocycles. The highest BCUT2D eigenvalue weighted by molar-refractivity contribution is 7.92. The topological polar surface area (TPSA) is 91.6 Å². The summed E-state index contributed by atoms with van der Waals surface area (Å²) in [7, 11) is -4.03. The molecule has 212 valence electrons. The molecule has 0 bridgehead atoms. The van der Waals surface area contributed by atoms with Crippen LogP contribution in [-0.4, -0.2) is 42.2 Å². The van der Waals surface area contributed by atoms with Crippen molar-refractivity contribution in [2.24, 2.45) is 0 Å². The van der Waals surface area contributed by atoms with Crippen molar-refractivity contribution < 1.29 is 18.3 Å². The third-order valence-electron chi connectivity index (χ3n) is 6.96. The second-order valence-electron chi connectivity index (χ2n) is 11.4. The van der Waals surface area contributed by atoms with Crippen LogP contribution >= 0.6 is 0 Å². The van der Waals surface area contributed by atoms with Gasteiger partial charge in [-0.1, -0.05) is 54.1 Å². The van der Waals surface area contributed by atoms with Crippen LogP contribution in [0.1, 0.15) is 36.7 Å². The van der Waals surface area contributed by atoms with Gasteiger partial charge in [0.05, 0.1) is 29.8 Å². The van der Waals surface area contributed by atoms with E-state index in [1.54, 1.807) is 48.5 Å². The minimum absolute atomic E-state index is 0.127. The number of carbonyl (C=O) groups excluding carboxylic acids is 1. The van der Waals surface area contributed by atoms with Crippen molar-refractivity contribution in [1.29, 1.82) is 0 Å². The van der Waals surface area contributed by atoms with Crippen molar-refractivity contribution in [3.05, 3.63) is 108 Å². The fraction of sp³-hybridized carbons (Fsp3) is 0.242. The standard InChI is InChI=1S/C33H35N3O4S/c1-23-13-19-27(20-14-23)41(39,40)36(25-17-15-24(16-18-25)32(38)34-33(2,3)4)22-26(37)21-35-30-11-7-5-9-28(30)29-10-6-8-12-31(29)35/h5-20,26,37H,21-22H2,1-4H3,(H,34,38). The van der Waals surface area contributed by atoms with E-state index in [4.69, 9.17) is 0 Å². The highest BCUT2D eigenvalue weighted by Crippen LogP contribution is 2.30. The minimum atomic E-state index is -4.03. The molecule has 4 aromatic carbocycles. The number of aliphatic hydroxyl groups excluding tert-OH is 1. The number of sulfonamides is 1. The van der Waals surface area contributed by atoms with Gasteiger partial charge in [-0.15, -0.1) is 0 Å². The van der Waals surface area contributed by atoms with Crippen molar-refractivity contribution in [2.45, 2.75) is 50.8 Å². The van der Waals surface area contributed by atoms with Gasteiger partial charge in [0.2, 0.25) is 0 Å². The molecule has 0 spiro atoms. The van der Waals surface area contributed by atoms with Crippen LogP contribution < -0.4 is 9.62 Å². The van der Waals surface area contributed by atoms with Crippen LogP contribution in [0.25, 0.3) is 21.8 Å². The third-order valence-corrected chi connectivity index (χ3v) is 8.77. The largest absolute Gasteiger partial charge is 0.389 e. The molecule has 0 aliphatic rings. The van der Waals surface area contributed by atoms with Gasteiger partial charge in [-0.25, -0.2) is 8.42 Å². The molecule has 8 heteroatoms. The van der Waals surface area contributed by atoms with Gasteiger partial charge in [0.1, 0.15) is 0 Å². The zero-order valence-corrected chi connectivity index (χ0v) is 24.5. The van der Waals surface area contributed by atoms with E-state index in [0.717, 1.165) is 27.4 Å². The van der Waals surface area contributed by atoms with Crippen LogP contribution in [0.5, 0.6) is 0 Å². The molecule has 5 rings (SSSR count). The Hall–Kier alpha value is -4.14. The van der Waals surface area contributed by atoms with Crippen molar-refractivity contribution in [1.82, 2.24) is 9.88 Å². The number of nitrogens with one attached hydrogen (secondary N) is 1. The third kappa shape index (κ3) is 5.99. The lowest BCUT2D eigenvalue weighted by Crippen LogP contribution is -2.40. The van der Waals surface area contributed by atoms with Crippen molar-refractivity contribution in [3.8, 4) is 0 Å². The summed E-state index contributed by atoms with van der Waals surface area (Å²) in [5.74, 6) is -0.247. The van der Waals surface area contributed by atoms with Gasteiger partial charge in [0.25, 0.3) is 15.9 Å². The highest BCUT2D eigenvalue weighted by Gasteiger charge is 2.28. The molecule has 0 saturated carbocycles. The number of hydrogen-bond donors (Lipinski definition) is 2. The number of hydrogen-bond acceptors (Lipinski definition) is 4. The van der Waals surface area contributed by atoms with Gasteiger partial charge >= 0.3 is 0 Å². The molecule has 2 N–H and O–H groups in total. The minimum Gasteiger partial charge on any atom is -0.389 e. The van der Waals surface area contributed by atoms with Crippen LogP contribution in [0.2, 0.25) is 0 Å². The number of fused-ring (bicyclic) bond motifs is 3. The number of benzene rings is 4. The maximum absolute atomic E-state index is 13.9. The van der Waals surface area contributed by atoms with Gasteiger partial charge in [-0.05, 0) is 76.2 Å². The Labute approximate surface area is 241 Å². The van der Waals surface area contributed by atoms with E-state index in [9.17, 15) is 18.3 Å². The Kier molecular flexibility index (Phi) is 7.64. The number of anilines is 1. The Morgan fingerprint density at radius 1 is 0.854 bits per heavy atom. The molecule has 1 heterocycles. The predicted molar refractivity (Wildman–Crippen MR) is 165 cm³/mol. The number of nitrogens with zero attached hydrogens (tertiary/aromatic N) is 2. The average molecular weight is 570 g/mol. The number of amides is 1. The normalized spacial score (nSPS) is 12.9. The molecular formula is C33H35N3O4S. The summed E-state index contributed by atoms with van der Waals surface area (Å²) in [5, 5.41) is 16.5. The van der Waals surface area contributed by atoms with E-state index < -0.39 is 21.7 Å². The number of para-hydroxylation sites is 2. The monoisotopic (exact) mass is 569 g/mol. The molecule has 0 aliphatic heterocycles. The fourth-order valence-electron chi connectivity index (χ4n) is 5.03. The highest BCUT2D eigenvalue weighted by atomic mass is 32.2. The second-order valence-corrected chi connectivity index (χ2v) is 13.3. The molecule has 1 amide bonds. The van der Waals surface area contributed by atoms with Gasteiger partial charge < -0.3 is 15.0 Å². The molecule has 41 heavy (non-hydrogen) atoms. The van der Waals surface area contributed by atoms with Gasteiger partial charge in [0.15, 0.2) is 0 Å². The van der Waals surface area contributed by atoms with E-state index in [2.05, 4.69) is 5.32 Å². The molecule has 1 atom stereocenters. The van der Waals surface area contributed by atoms with Crippen molar-refractivity contribution in [3.63, 3.8) is 0 Å². The summed E-state index contributed by atoms with van der Waals surface area (Å²) in [6.07, 6.45) is -1.03. The summed E-state index contributed by atoms with van der Waals surface area (Å²) in [4.78, 5) is 12.8. The van der Waals surface area contributed by atoms with E-state index in [1.807, 2.05) is 80.8 Å². The van der Waals surface area contributed by atoms with Crippen LogP contribution in [-0.2, 0) is 16.6 Å². The number of aryl methyl sites for hydroxylation is 1. The smallest absolute Gasteiger partial charge is 0.264 e. The summed E-state index contributed by atoms with van der Waals surface area (Å²) < 4.78 is 31.1. The first kappa shape index (κ1) is 28.4. The SMILES string of the molecule is Cc1ccc(S(=O)(=O)N(CC(O)Cn2c3ccccc3c3ccccc32)c2ccc(C(=O)NC(C)(C)C)cc2)cc1. The van der Waals surface area contributed by atoms with Crippen LogP contribution in [0.3, 0.4) is 0 Å². The van der Waals surface area contributed by atoms with Gasteiger partial charge in [-0.3, -0.25) is 9.10 Å². The number of aromatic nitrogens is 1. The van der Waals surface area contributed by atoms with Crippen LogP contribution in [0.15, 0.2) is 102 Å². The van der Waals surface area contributed by atoms with Gasteiger partial charge in [-0.2, -0.15) is 0 Å². The number of carbonyl (C=O) groups is 1. The fourth-order valence-corrected chi connectivity index (χ4v) is 6.53. The Bertz CT molecular complexity index is 1750. The Morgan fingerprint density at radius 3 is 1.93 bits per heavy atom. The Balaban J connectivity index is 1.50. The lowest BCUT2D eigenvalue weighted by Gasteiger charge is -2.28. The molecule has 0 fully saturated rings. The molecule has 1 aromatic heterocycles. The summed E-state index contributed by atoms with van der Waals surface area (Å²) in [5.41, 5.74) is 3.25. The molecule has 1 unspecified atom stereocenters. The Morgan fingerprint density at radius 2 is 1.39 bits per heavy atom. The summed E-state index contributed by atoms with van der Waals surface area (Å²) >= 11 is 0. The van der Waals surface area contributed by atoms with E-state index in [-0.39, 0.29) is 23.9 Å². The number of aliphatic hydroxyl groups is 1. The van der Waals surface area contributed by atoms with Crippen LogP contribution in [0.4, 0.5) is 5.69 Å². The first-order chi connectivity index (χ1) is 19.4. The molecule has 0 saturated heterocycles. The van der Waals surface area contributed by atoms with Crippen molar-refractivity contribution >= 4 is 43.4 Å². The van der Waals surface area contributed by atoms with E-state index in [0.29, 0.717) is 11.3 Å². The number of rotatable bonds is 8. The summed E-state index contributed by atoms with van der Waals surface area (Å²) in [6.45, 7) is 7.60. The molecule has 5 aromatic rings. The average Bonchev–Trinajstić information content (AvgIpc) is 3.24. The molecular weight excluding hydrogens is 534 g/mol. The lowest BCUT2D eigenvalue weighted by atomic mass is 10.1.